The normalized spacial score (nSPS) is 13.4. The predicted octanol–water partition coefficient (Wildman–Crippen LogP) is 1.63. The molecule has 1 aliphatic rings. The van der Waals surface area contributed by atoms with E-state index >= 15 is 0 Å². The maximum absolute atomic E-state index is 12.0. The van der Waals surface area contributed by atoms with Crippen molar-refractivity contribution in [3.63, 3.8) is 0 Å². The number of amides is 1. The van der Waals surface area contributed by atoms with Gasteiger partial charge in [0.15, 0.2) is 11.5 Å². The van der Waals surface area contributed by atoms with Crippen molar-refractivity contribution in [2.75, 3.05) is 20.4 Å². The summed E-state index contributed by atoms with van der Waals surface area (Å²) in [6.07, 6.45) is 1.91. The lowest BCUT2D eigenvalue weighted by Gasteiger charge is -2.15. The Morgan fingerprint density at radius 1 is 1.38 bits per heavy atom. The van der Waals surface area contributed by atoms with Crippen molar-refractivity contribution in [3.05, 3.63) is 40.3 Å². The molecule has 0 saturated carbocycles. The second kappa shape index (κ2) is 7.31. The molecule has 0 saturated heterocycles. The number of ether oxygens (including phenoxy) is 3. The van der Waals surface area contributed by atoms with E-state index in [0.29, 0.717) is 22.8 Å². The molecule has 3 rings (SSSR count). The molecule has 1 amide bonds. The van der Waals surface area contributed by atoms with Crippen molar-refractivity contribution in [2.45, 2.75) is 6.42 Å². The van der Waals surface area contributed by atoms with Crippen LogP contribution >= 0.6 is 11.3 Å². The number of fused-ring (bicyclic) bond motifs is 1. The zero-order valence-corrected chi connectivity index (χ0v) is 13.8. The standard InChI is InChI=1S/C16H16N2O5S/c1-21-16(20)11(6-18-15(19)14-7-17-8-24-14)4-10-2-3-12-13(5-10)23-9-22-12/h2-3,5,7-8,11H,4,6,9H2,1H3,(H,18,19)/t11-/m1/s1. The molecular weight excluding hydrogens is 332 g/mol. The first-order valence-electron chi connectivity index (χ1n) is 7.30. The average molecular weight is 348 g/mol. The Morgan fingerprint density at radius 2 is 2.21 bits per heavy atom. The van der Waals surface area contributed by atoms with E-state index in [1.54, 1.807) is 5.51 Å². The molecule has 0 spiro atoms. The number of methoxy groups -OCH3 is 1. The van der Waals surface area contributed by atoms with Crippen LogP contribution in [0.2, 0.25) is 0 Å². The molecule has 24 heavy (non-hydrogen) atoms. The van der Waals surface area contributed by atoms with E-state index in [1.807, 2.05) is 18.2 Å². The first kappa shape index (κ1) is 16.3. The quantitative estimate of drug-likeness (QED) is 0.799. The van der Waals surface area contributed by atoms with Crippen molar-refractivity contribution >= 4 is 23.2 Å². The Hall–Kier alpha value is -2.61. The van der Waals surface area contributed by atoms with Crippen molar-refractivity contribution in [1.29, 1.82) is 0 Å². The van der Waals surface area contributed by atoms with E-state index in [1.165, 1.54) is 24.6 Å². The van der Waals surface area contributed by atoms with Gasteiger partial charge in [-0.3, -0.25) is 14.6 Å². The molecule has 0 unspecified atom stereocenters. The maximum atomic E-state index is 12.0. The maximum Gasteiger partial charge on any atom is 0.310 e. The topological polar surface area (TPSA) is 86.8 Å². The molecule has 126 valence electrons. The van der Waals surface area contributed by atoms with Gasteiger partial charge < -0.3 is 19.5 Å². The van der Waals surface area contributed by atoms with Crippen LogP contribution in [0.5, 0.6) is 11.5 Å². The molecule has 2 aromatic rings. The van der Waals surface area contributed by atoms with Gasteiger partial charge in [0.1, 0.15) is 4.88 Å². The number of carbonyl (C=O) groups excluding carboxylic acids is 2. The molecule has 0 radical (unpaired) electrons. The second-order valence-corrected chi connectivity index (χ2v) is 6.07. The summed E-state index contributed by atoms with van der Waals surface area (Å²) in [4.78, 5) is 28.4. The fourth-order valence-electron chi connectivity index (χ4n) is 2.39. The number of thiazole rings is 1. The molecule has 8 heteroatoms. The summed E-state index contributed by atoms with van der Waals surface area (Å²) in [5.74, 6) is 0.221. The zero-order valence-electron chi connectivity index (χ0n) is 13.0. The van der Waals surface area contributed by atoms with Crippen LogP contribution in [0.4, 0.5) is 0 Å². The van der Waals surface area contributed by atoms with Crippen molar-refractivity contribution < 1.29 is 23.8 Å². The van der Waals surface area contributed by atoms with E-state index in [4.69, 9.17) is 14.2 Å². The minimum atomic E-state index is -0.493. The Balaban J connectivity index is 1.65. The van der Waals surface area contributed by atoms with Gasteiger partial charge >= 0.3 is 5.97 Å². The van der Waals surface area contributed by atoms with Gasteiger partial charge in [0.2, 0.25) is 6.79 Å². The van der Waals surface area contributed by atoms with Gasteiger partial charge in [0, 0.05) is 6.54 Å². The highest BCUT2D eigenvalue weighted by molar-refractivity contribution is 7.11. The SMILES string of the molecule is COC(=O)[C@@H](CNC(=O)c1cncs1)Cc1ccc2c(c1)OCO2. The van der Waals surface area contributed by atoms with Crippen LogP contribution in [0.25, 0.3) is 0 Å². The molecule has 7 nitrogen and oxygen atoms in total. The fourth-order valence-corrected chi connectivity index (χ4v) is 2.93. The number of rotatable bonds is 6. The highest BCUT2D eigenvalue weighted by Gasteiger charge is 2.23. The van der Waals surface area contributed by atoms with Crippen LogP contribution in [0, 0.1) is 5.92 Å². The van der Waals surface area contributed by atoms with Gasteiger partial charge in [-0.05, 0) is 24.1 Å². The summed E-state index contributed by atoms with van der Waals surface area (Å²) < 4.78 is 15.5. The first-order valence-corrected chi connectivity index (χ1v) is 8.18. The van der Waals surface area contributed by atoms with E-state index in [9.17, 15) is 9.59 Å². The fraction of sp³-hybridized carbons (Fsp3) is 0.312. The van der Waals surface area contributed by atoms with E-state index < -0.39 is 5.92 Å². The summed E-state index contributed by atoms with van der Waals surface area (Å²) in [7, 11) is 1.33. The summed E-state index contributed by atoms with van der Waals surface area (Å²) in [5.41, 5.74) is 2.49. The smallest absolute Gasteiger partial charge is 0.310 e. The summed E-state index contributed by atoms with van der Waals surface area (Å²) in [6.45, 7) is 0.377. The monoisotopic (exact) mass is 348 g/mol. The van der Waals surface area contributed by atoms with Gasteiger partial charge in [-0.15, -0.1) is 11.3 Å². The lowest BCUT2D eigenvalue weighted by molar-refractivity contribution is -0.145. The number of hydrogen-bond acceptors (Lipinski definition) is 7. The summed E-state index contributed by atoms with van der Waals surface area (Å²) >= 11 is 1.24. The molecule has 0 fully saturated rings. The summed E-state index contributed by atoms with van der Waals surface area (Å²) in [6, 6.07) is 5.51. The van der Waals surface area contributed by atoms with Gasteiger partial charge in [-0.25, -0.2) is 0 Å². The lowest BCUT2D eigenvalue weighted by Crippen LogP contribution is -2.34. The first-order chi connectivity index (χ1) is 11.7. The van der Waals surface area contributed by atoms with Crippen LogP contribution in [0.1, 0.15) is 15.2 Å². The third-order valence-electron chi connectivity index (χ3n) is 3.62. The number of aromatic nitrogens is 1. The minimum absolute atomic E-state index is 0.178. The van der Waals surface area contributed by atoms with Crippen LogP contribution in [0.15, 0.2) is 29.9 Å². The van der Waals surface area contributed by atoms with Crippen molar-refractivity contribution in [1.82, 2.24) is 10.3 Å². The third kappa shape index (κ3) is 3.65. The van der Waals surface area contributed by atoms with E-state index in [-0.39, 0.29) is 25.2 Å². The van der Waals surface area contributed by atoms with Crippen LogP contribution in [-0.2, 0) is 16.0 Å². The van der Waals surface area contributed by atoms with E-state index in [0.717, 1.165) is 5.56 Å². The third-order valence-corrected chi connectivity index (χ3v) is 4.39. The molecule has 1 aromatic carbocycles. The Bertz CT molecular complexity index is 732. The molecule has 1 aromatic heterocycles. The summed E-state index contributed by atoms with van der Waals surface area (Å²) in [5, 5.41) is 2.75. The van der Waals surface area contributed by atoms with Crippen LogP contribution in [-0.4, -0.2) is 37.3 Å². The lowest BCUT2D eigenvalue weighted by atomic mass is 9.99. The zero-order chi connectivity index (χ0) is 16.9. The molecule has 1 N–H and O–H groups in total. The van der Waals surface area contributed by atoms with Crippen molar-refractivity contribution in [3.8, 4) is 11.5 Å². The van der Waals surface area contributed by atoms with Gasteiger partial charge in [0.25, 0.3) is 5.91 Å². The highest BCUT2D eigenvalue weighted by Crippen LogP contribution is 2.33. The largest absolute Gasteiger partial charge is 0.469 e. The van der Waals surface area contributed by atoms with Gasteiger partial charge in [0.05, 0.1) is 24.7 Å². The van der Waals surface area contributed by atoms with Crippen LogP contribution in [0.3, 0.4) is 0 Å². The number of benzene rings is 1. The molecule has 1 aliphatic heterocycles. The predicted molar refractivity (Wildman–Crippen MR) is 86.2 cm³/mol. The molecule has 1 atom stereocenters. The minimum Gasteiger partial charge on any atom is -0.469 e. The Kier molecular flexibility index (Phi) is 4.95. The number of nitrogens with zero attached hydrogens (tertiary/aromatic N) is 1. The van der Waals surface area contributed by atoms with Gasteiger partial charge in [-0.1, -0.05) is 6.07 Å². The second-order valence-electron chi connectivity index (χ2n) is 5.19. The Morgan fingerprint density at radius 3 is 2.96 bits per heavy atom. The van der Waals surface area contributed by atoms with Crippen LogP contribution < -0.4 is 14.8 Å². The van der Waals surface area contributed by atoms with E-state index in [2.05, 4.69) is 10.3 Å². The number of esters is 1. The molecule has 2 heterocycles. The average Bonchev–Trinajstić information content (AvgIpc) is 3.28. The Labute approximate surface area is 142 Å². The van der Waals surface area contributed by atoms with Gasteiger partial charge in [-0.2, -0.15) is 0 Å². The molecule has 0 bridgehead atoms. The number of carbonyl (C=O) groups is 2. The number of nitrogens with one attached hydrogen (secondary N) is 1. The van der Waals surface area contributed by atoms with Crippen molar-refractivity contribution in [2.24, 2.45) is 5.92 Å². The highest BCUT2D eigenvalue weighted by atomic mass is 32.1. The molecule has 0 aliphatic carbocycles. The number of hydrogen-bond donors (Lipinski definition) is 1. The molecular formula is C16H16N2O5S.